The van der Waals surface area contributed by atoms with Gasteiger partial charge in [0.15, 0.2) is 5.75 Å². The summed E-state index contributed by atoms with van der Waals surface area (Å²) in [5.74, 6) is 0.573. The van der Waals surface area contributed by atoms with E-state index in [9.17, 15) is 9.59 Å². The molecule has 0 spiro atoms. The van der Waals surface area contributed by atoms with E-state index in [1.807, 2.05) is 30.3 Å². The van der Waals surface area contributed by atoms with Crippen LogP contribution < -0.4 is 15.6 Å². The number of amides is 1. The number of para-hydroxylation sites is 3. The number of ether oxygens (including phenoxy) is 1. The van der Waals surface area contributed by atoms with Crippen LogP contribution in [0.25, 0.3) is 0 Å². The van der Waals surface area contributed by atoms with Gasteiger partial charge >= 0.3 is 0 Å². The van der Waals surface area contributed by atoms with Crippen LogP contribution in [-0.4, -0.2) is 15.9 Å². The van der Waals surface area contributed by atoms with Gasteiger partial charge in [-0.3, -0.25) is 9.59 Å². The van der Waals surface area contributed by atoms with E-state index < -0.39 is 11.5 Å². The zero-order valence-electron chi connectivity index (χ0n) is 12.0. The van der Waals surface area contributed by atoms with Crippen molar-refractivity contribution in [2.75, 3.05) is 5.32 Å². The van der Waals surface area contributed by atoms with Crippen LogP contribution in [-0.2, 0) is 0 Å². The van der Waals surface area contributed by atoms with Crippen molar-refractivity contribution in [1.29, 1.82) is 0 Å². The van der Waals surface area contributed by atoms with Gasteiger partial charge in [-0.25, -0.2) is 4.98 Å². The summed E-state index contributed by atoms with van der Waals surface area (Å²) >= 11 is 0. The Hall–Kier alpha value is -3.41. The van der Waals surface area contributed by atoms with E-state index in [4.69, 9.17) is 4.74 Å². The molecule has 0 bridgehead atoms. The highest BCUT2D eigenvalue weighted by Crippen LogP contribution is 2.29. The maximum Gasteiger partial charge on any atom is 0.263 e. The van der Waals surface area contributed by atoms with Crippen molar-refractivity contribution >= 4 is 11.6 Å². The maximum atomic E-state index is 12.2. The molecule has 23 heavy (non-hydrogen) atoms. The Morgan fingerprint density at radius 3 is 2.57 bits per heavy atom. The Morgan fingerprint density at radius 2 is 1.78 bits per heavy atom. The fraction of sp³-hybridized carbons (Fsp3) is 0. The quantitative estimate of drug-likeness (QED) is 0.776. The summed E-state index contributed by atoms with van der Waals surface area (Å²) in [4.78, 5) is 30.0. The van der Waals surface area contributed by atoms with Gasteiger partial charge in [-0.1, -0.05) is 30.3 Å². The zero-order chi connectivity index (χ0) is 16.1. The van der Waals surface area contributed by atoms with Gasteiger partial charge in [-0.15, -0.1) is 0 Å². The number of hydrogen-bond acceptors (Lipinski definition) is 4. The van der Waals surface area contributed by atoms with E-state index in [0.29, 0.717) is 17.2 Å². The maximum absolute atomic E-state index is 12.2. The van der Waals surface area contributed by atoms with Gasteiger partial charge in [0.1, 0.15) is 11.3 Å². The summed E-state index contributed by atoms with van der Waals surface area (Å²) in [7, 11) is 0. The lowest BCUT2D eigenvalue weighted by atomic mass is 10.2. The number of H-pyrrole nitrogens is 1. The molecule has 1 heterocycles. The van der Waals surface area contributed by atoms with Gasteiger partial charge in [0, 0.05) is 6.20 Å². The van der Waals surface area contributed by atoms with Gasteiger partial charge < -0.3 is 15.0 Å². The predicted molar refractivity (Wildman–Crippen MR) is 85.8 cm³/mol. The molecule has 0 aliphatic heterocycles. The monoisotopic (exact) mass is 307 g/mol. The standard InChI is InChI=1S/C17H13N3O3/c21-16-13(10-18-11-19-16)17(22)20-14-8-4-5-9-15(14)23-12-6-2-1-3-7-12/h1-11H,(H,20,22)(H,18,19,21). The van der Waals surface area contributed by atoms with E-state index in [-0.39, 0.29) is 5.56 Å². The van der Waals surface area contributed by atoms with Crippen LogP contribution >= 0.6 is 0 Å². The summed E-state index contributed by atoms with van der Waals surface area (Å²) < 4.78 is 5.76. The Balaban J connectivity index is 1.85. The van der Waals surface area contributed by atoms with Gasteiger partial charge in [0.2, 0.25) is 0 Å². The Bertz CT molecular complexity index is 875. The van der Waals surface area contributed by atoms with Crippen LogP contribution in [0, 0.1) is 0 Å². The van der Waals surface area contributed by atoms with Crippen molar-refractivity contribution < 1.29 is 9.53 Å². The molecule has 0 aliphatic rings. The molecule has 2 aromatic carbocycles. The fourth-order valence-corrected chi connectivity index (χ4v) is 1.97. The summed E-state index contributed by atoms with van der Waals surface area (Å²) in [5.41, 5.74) is -0.106. The smallest absolute Gasteiger partial charge is 0.263 e. The third-order valence-electron chi connectivity index (χ3n) is 3.07. The lowest BCUT2D eigenvalue weighted by molar-refractivity contribution is 0.102. The van der Waals surface area contributed by atoms with Gasteiger partial charge in [0.05, 0.1) is 12.0 Å². The SMILES string of the molecule is O=C(Nc1ccccc1Oc1ccccc1)c1cnc[nH]c1=O. The highest BCUT2D eigenvalue weighted by molar-refractivity contribution is 6.04. The molecule has 6 heteroatoms. The first-order valence-electron chi connectivity index (χ1n) is 6.90. The first-order valence-corrected chi connectivity index (χ1v) is 6.90. The minimum atomic E-state index is -0.552. The molecule has 0 saturated heterocycles. The second-order valence-electron chi connectivity index (χ2n) is 4.66. The van der Waals surface area contributed by atoms with Crippen molar-refractivity contribution in [1.82, 2.24) is 9.97 Å². The average Bonchev–Trinajstić information content (AvgIpc) is 2.58. The molecule has 3 aromatic rings. The molecule has 0 unspecified atom stereocenters. The van der Waals surface area contributed by atoms with E-state index >= 15 is 0 Å². The zero-order valence-corrected chi connectivity index (χ0v) is 12.0. The summed E-state index contributed by atoms with van der Waals surface area (Å²) in [5, 5.41) is 2.66. The van der Waals surface area contributed by atoms with Crippen LogP contribution in [0.15, 0.2) is 71.9 Å². The van der Waals surface area contributed by atoms with Crippen LogP contribution in [0.2, 0.25) is 0 Å². The molecule has 1 amide bonds. The molecule has 114 valence electrons. The van der Waals surface area contributed by atoms with Crippen LogP contribution in [0.3, 0.4) is 0 Å². The third-order valence-corrected chi connectivity index (χ3v) is 3.07. The number of benzene rings is 2. The first-order chi connectivity index (χ1) is 11.2. The van der Waals surface area contributed by atoms with Gasteiger partial charge in [-0.2, -0.15) is 0 Å². The minimum Gasteiger partial charge on any atom is -0.455 e. The Morgan fingerprint density at radius 1 is 1.04 bits per heavy atom. The first kappa shape index (κ1) is 14.5. The van der Waals surface area contributed by atoms with E-state index in [1.54, 1.807) is 24.3 Å². The minimum absolute atomic E-state index is 0.0676. The molecule has 0 atom stereocenters. The topological polar surface area (TPSA) is 84.1 Å². The second kappa shape index (κ2) is 6.57. The van der Waals surface area contributed by atoms with Crippen molar-refractivity contribution in [3.8, 4) is 11.5 Å². The number of nitrogens with one attached hydrogen (secondary N) is 2. The van der Waals surface area contributed by atoms with Crippen molar-refractivity contribution in [2.45, 2.75) is 0 Å². The average molecular weight is 307 g/mol. The van der Waals surface area contributed by atoms with E-state index in [1.165, 1.54) is 12.5 Å². The second-order valence-corrected chi connectivity index (χ2v) is 4.66. The number of aromatic amines is 1. The van der Waals surface area contributed by atoms with Gasteiger partial charge in [0.25, 0.3) is 11.5 Å². The van der Waals surface area contributed by atoms with Gasteiger partial charge in [-0.05, 0) is 24.3 Å². The van der Waals surface area contributed by atoms with Crippen LogP contribution in [0.5, 0.6) is 11.5 Å². The van der Waals surface area contributed by atoms with Crippen molar-refractivity contribution in [2.24, 2.45) is 0 Å². The Labute approximate surface area is 131 Å². The van der Waals surface area contributed by atoms with E-state index in [0.717, 1.165) is 0 Å². The highest BCUT2D eigenvalue weighted by atomic mass is 16.5. The van der Waals surface area contributed by atoms with Crippen LogP contribution in [0.1, 0.15) is 10.4 Å². The van der Waals surface area contributed by atoms with Crippen molar-refractivity contribution in [3.05, 3.63) is 83.0 Å². The number of hydrogen-bond donors (Lipinski definition) is 2. The molecular formula is C17H13N3O3. The number of carbonyl (C=O) groups is 1. The van der Waals surface area contributed by atoms with E-state index in [2.05, 4.69) is 15.3 Å². The summed E-state index contributed by atoms with van der Waals surface area (Å²) in [6, 6.07) is 16.2. The summed E-state index contributed by atoms with van der Waals surface area (Å²) in [6.45, 7) is 0. The molecule has 2 N–H and O–H groups in total. The lowest BCUT2D eigenvalue weighted by Crippen LogP contribution is -2.23. The predicted octanol–water partition coefficient (Wildman–Crippen LogP) is 2.81. The molecule has 0 radical (unpaired) electrons. The molecular weight excluding hydrogens is 294 g/mol. The molecule has 6 nitrogen and oxygen atoms in total. The molecule has 0 saturated carbocycles. The normalized spacial score (nSPS) is 10.1. The highest BCUT2D eigenvalue weighted by Gasteiger charge is 2.13. The number of carbonyl (C=O) groups excluding carboxylic acids is 1. The number of rotatable bonds is 4. The van der Waals surface area contributed by atoms with Crippen molar-refractivity contribution in [3.63, 3.8) is 0 Å². The molecule has 0 fully saturated rings. The number of anilines is 1. The third kappa shape index (κ3) is 3.44. The Kier molecular flexibility index (Phi) is 4.15. The number of aromatic nitrogens is 2. The lowest BCUT2D eigenvalue weighted by Gasteiger charge is -2.11. The molecule has 1 aromatic heterocycles. The number of nitrogens with zero attached hydrogens (tertiary/aromatic N) is 1. The van der Waals surface area contributed by atoms with Crippen LogP contribution in [0.4, 0.5) is 5.69 Å². The fourth-order valence-electron chi connectivity index (χ4n) is 1.97. The summed E-state index contributed by atoms with van der Waals surface area (Å²) in [6.07, 6.45) is 2.44. The molecule has 3 rings (SSSR count). The largest absolute Gasteiger partial charge is 0.455 e. The molecule has 0 aliphatic carbocycles.